The highest BCUT2D eigenvalue weighted by Crippen LogP contribution is 2.30. The first kappa shape index (κ1) is 10.8. The van der Waals surface area contributed by atoms with Crippen molar-refractivity contribution in [1.82, 2.24) is 4.98 Å². The molecule has 0 spiro atoms. The Morgan fingerprint density at radius 3 is 2.88 bits per heavy atom. The van der Waals surface area contributed by atoms with Gasteiger partial charge >= 0.3 is 5.97 Å². The zero-order valence-electron chi connectivity index (χ0n) is 8.36. The van der Waals surface area contributed by atoms with Crippen molar-refractivity contribution in [2.45, 2.75) is 12.3 Å². The van der Waals surface area contributed by atoms with Crippen LogP contribution in [-0.4, -0.2) is 35.1 Å². The number of halogens is 2. The SMILES string of the molecule is O=C(O)c1cc(N2CCC(F)(F)C2)ccn1. The zero-order chi connectivity index (χ0) is 11.8. The number of anilines is 1. The number of carboxylic acids is 1. The summed E-state index contributed by atoms with van der Waals surface area (Å²) in [5, 5.41) is 8.73. The maximum absolute atomic E-state index is 13.0. The van der Waals surface area contributed by atoms with E-state index < -0.39 is 11.9 Å². The van der Waals surface area contributed by atoms with Gasteiger partial charge in [0.2, 0.25) is 0 Å². The fraction of sp³-hybridized carbons (Fsp3) is 0.400. The monoisotopic (exact) mass is 228 g/mol. The van der Waals surface area contributed by atoms with Crippen LogP contribution in [0, 0.1) is 0 Å². The number of carboxylic acid groups (broad SMARTS) is 1. The molecule has 0 aliphatic carbocycles. The molecule has 1 fully saturated rings. The van der Waals surface area contributed by atoms with Gasteiger partial charge in [0.15, 0.2) is 0 Å². The first-order valence-corrected chi connectivity index (χ1v) is 4.80. The molecule has 6 heteroatoms. The Bertz CT molecular complexity index is 423. The number of pyridine rings is 1. The fourth-order valence-electron chi connectivity index (χ4n) is 1.69. The van der Waals surface area contributed by atoms with Gasteiger partial charge in [-0.05, 0) is 12.1 Å². The largest absolute Gasteiger partial charge is 0.477 e. The van der Waals surface area contributed by atoms with Crippen LogP contribution in [0.15, 0.2) is 18.3 Å². The van der Waals surface area contributed by atoms with Crippen LogP contribution in [0.4, 0.5) is 14.5 Å². The minimum Gasteiger partial charge on any atom is -0.477 e. The van der Waals surface area contributed by atoms with Crippen molar-refractivity contribution >= 4 is 11.7 Å². The maximum atomic E-state index is 13.0. The number of carbonyl (C=O) groups is 1. The molecule has 2 rings (SSSR count). The van der Waals surface area contributed by atoms with Crippen LogP contribution < -0.4 is 4.90 Å². The van der Waals surface area contributed by atoms with Gasteiger partial charge < -0.3 is 10.0 Å². The summed E-state index contributed by atoms with van der Waals surface area (Å²) in [5.41, 5.74) is 0.345. The molecule has 1 aliphatic heterocycles. The van der Waals surface area contributed by atoms with Gasteiger partial charge in [-0.25, -0.2) is 18.6 Å². The average molecular weight is 228 g/mol. The molecule has 0 saturated carbocycles. The van der Waals surface area contributed by atoms with Gasteiger partial charge in [-0.2, -0.15) is 0 Å². The summed E-state index contributed by atoms with van der Waals surface area (Å²) in [7, 11) is 0. The van der Waals surface area contributed by atoms with Crippen molar-refractivity contribution in [3.63, 3.8) is 0 Å². The molecule has 0 unspecified atom stereocenters. The molecule has 86 valence electrons. The summed E-state index contributed by atoms with van der Waals surface area (Å²) >= 11 is 0. The third-order valence-corrected chi connectivity index (χ3v) is 2.50. The Morgan fingerprint density at radius 2 is 2.31 bits per heavy atom. The van der Waals surface area contributed by atoms with Crippen LogP contribution in [0.3, 0.4) is 0 Å². The Kier molecular flexibility index (Phi) is 2.49. The van der Waals surface area contributed by atoms with Gasteiger partial charge in [0.25, 0.3) is 5.92 Å². The Balaban J connectivity index is 2.22. The Hall–Kier alpha value is -1.72. The number of aromatic carboxylic acids is 1. The lowest BCUT2D eigenvalue weighted by Crippen LogP contribution is -2.25. The van der Waals surface area contributed by atoms with E-state index in [0.717, 1.165) is 0 Å². The lowest BCUT2D eigenvalue weighted by atomic mass is 10.3. The van der Waals surface area contributed by atoms with Crippen molar-refractivity contribution < 1.29 is 18.7 Å². The molecular weight excluding hydrogens is 218 g/mol. The quantitative estimate of drug-likeness (QED) is 0.835. The molecule has 0 bridgehead atoms. The number of rotatable bonds is 2. The third-order valence-electron chi connectivity index (χ3n) is 2.50. The van der Waals surface area contributed by atoms with Crippen molar-refractivity contribution in [3.05, 3.63) is 24.0 Å². The van der Waals surface area contributed by atoms with Crippen LogP contribution in [-0.2, 0) is 0 Å². The summed E-state index contributed by atoms with van der Waals surface area (Å²) in [4.78, 5) is 15.8. The molecule has 0 atom stereocenters. The predicted octanol–water partition coefficient (Wildman–Crippen LogP) is 1.63. The van der Waals surface area contributed by atoms with Gasteiger partial charge in [0.1, 0.15) is 5.69 Å². The summed E-state index contributed by atoms with van der Waals surface area (Å²) in [5.74, 6) is -3.85. The van der Waals surface area contributed by atoms with Gasteiger partial charge in [-0.15, -0.1) is 0 Å². The average Bonchev–Trinajstić information content (AvgIpc) is 2.59. The predicted molar refractivity (Wildman–Crippen MR) is 53.0 cm³/mol. The molecule has 0 aromatic carbocycles. The van der Waals surface area contributed by atoms with Gasteiger partial charge in [-0.3, -0.25) is 0 Å². The molecule has 1 N–H and O–H groups in total. The molecular formula is C10H10F2N2O2. The second-order valence-corrected chi connectivity index (χ2v) is 3.73. The highest BCUT2D eigenvalue weighted by Gasteiger charge is 2.38. The highest BCUT2D eigenvalue weighted by molar-refractivity contribution is 5.86. The number of alkyl halides is 2. The van der Waals surface area contributed by atoms with Crippen LogP contribution in [0.2, 0.25) is 0 Å². The van der Waals surface area contributed by atoms with Crippen molar-refractivity contribution in [3.8, 4) is 0 Å². The smallest absolute Gasteiger partial charge is 0.354 e. The van der Waals surface area contributed by atoms with Crippen molar-refractivity contribution in [2.24, 2.45) is 0 Å². The van der Waals surface area contributed by atoms with E-state index in [1.807, 2.05) is 0 Å². The van der Waals surface area contributed by atoms with Crippen molar-refractivity contribution in [2.75, 3.05) is 18.0 Å². The number of hydrogen-bond donors (Lipinski definition) is 1. The van der Waals surface area contributed by atoms with E-state index in [-0.39, 0.29) is 25.2 Å². The van der Waals surface area contributed by atoms with Crippen molar-refractivity contribution in [1.29, 1.82) is 0 Å². The van der Waals surface area contributed by atoms with Gasteiger partial charge in [-0.1, -0.05) is 0 Å². The maximum Gasteiger partial charge on any atom is 0.354 e. The first-order valence-electron chi connectivity index (χ1n) is 4.80. The van der Waals surface area contributed by atoms with Crippen LogP contribution >= 0.6 is 0 Å². The molecule has 1 aromatic heterocycles. The van der Waals surface area contributed by atoms with E-state index in [4.69, 9.17) is 5.11 Å². The Labute approximate surface area is 90.5 Å². The molecule has 1 saturated heterocycles. The second-order valence-electron chi connectivity index (χ2n) is 3.73. The minimum absolute atomic E-state index is 0.132. The van der Waals surface area contributed by atoms with E-state index in [0.29, 0.717) is 5.69 Å². The lowest BCUT2D eigenvalue weighted by Gasteiger charge is -2.18. The normalized spacial score (nSPS) is 18.8. The molecule has 1 aromatic rings. The van der Waals surface area contributed by atoms with E-state index in [9.17, 15) is 13.6 Å². The molecule has 2 heterocycles. The summed E-state index contributed by atoms with van der Waals surface area (Å²) in [6, 6.07) is 2.84. The first-order chi connectivity index (χ1) is 7.48. The summed E-state index contributed by atoms with van der Waals surface area (Å²) < 4.78 is 25.9. The molecule has 1 aliphatic rings. The molecule has 4 nitrogen and oxygen atoms in total. The fourth-order valence-corrected chi connectivity index (χ4v) is 1.69. The van der Waals surface area contributed by atoms with Gasteiger partial charge in [0.05, 0.1) is 6.54 Å². The minimum atomic E-state index is -2.69. The summed E-state index contributed by atoms with van der Waals surface area (Å²) in [6.07, 6.45) is 1.12. The van der Waals surface area contributed by atoms with Crippen LogP contribution in [0.1, 0.15) is 16.9 Å². The number of nitrogens with zero attached hydrogens (tertiary/aromatic N) is 2. The number of hydrogen-bond acceptors (Lipinski definition) is 3. The second kappa shape index (κ2) is 3.70. The van der Waals surface area contributed by atoms with E-state index >= 15 is 0 Å². The van der Waals surface area contributed by atoms with E-state index in [1.165, 1.54) is 23.2 Å². The zero-order valence-corrected chi connectivity index (χ0v) is 8.36. The van der Waals surface area contributed by atoms with Crippen LogP contribution in [0.5, 0.6) is 0 Å². The number of aromatic nitrogens is 1. The summed E-state index contributed by atoms with van der Waals surface area (Å²) in [6.45, 7) is -0.133. The Morgan fingerprint density at radius 1 is 1.56 bits per heavy atom. The van der Waals surface area contributed by atoms with E-state index in [2.05, 4.69) is 4.98 Å². The third kappa shape index (κ3) is 2.10. The van der Waals surface area contributed by atoms with E-state index in [1.54, 1.807) is 0 Å². The molecule has 0 amide bonds. The highest BCUT2D eigenvalue weighted by atomic mass is 19.3. The lowest BCUT2D eigenvalue weighted by molar-refractivity contribution is 0.0257. The standard InChI is InChI=1S/C10H10F2N2O2/c11-10(12)2-4-14(6-10)7-1-3-13-8(5-7)9(15)16/h1,3,5H,2,4,6H2,(H,15,16). The molecule has 16 heavy (non-hydrogen) atoms. The van der Waals surface area contributed by atoms with Gasteiger partial charge in [0, 0.05) is 24.8 Å². The molecule has 0 radical (unpaired) electrons. The van der Waals surface area contributed by atoms with Crippen LogP contribution in [0.25, 0.3) is 0 Å². The topological polar surface area (TPSA) is 53.4 Å².